The summed E-state index contributed by atoms with van der Waals surface area (Å²) in [5, 5.41) is 3.29. The van der Waals surface area contributed by atoms with Crippen molar-refractivity contribution in [2.75, 3.05) is 36.4 Å². The molecule has 0 radical (unpaired) electrons. The first-order valence-corrected chi connectivity index (χ1v) is 11.6. The van der Waals surface area contributed by atoms with E-state index in [1.807, 2.05) is 60.4 Å². The summed E-state index contributed by atoms with van der Waals surface area (Å²) in [4.78, 5) is 29.5. The third kappa shape index (κ3) is 4.97. The van der Waals surface area contributed by atoms with Crippen LogP contribution in [0.15, 0.2) is 71.2 Å². The number of hydrogen-bond acceptors (Lipinski definition) is 3. The van der Waals surface area contributed by atoms with Crippen molar-refractivity contribution in [3.63, 3.8) is 0 Å². The molecule has 164 valence electrons. The van der Waals surface area contributed by atoms with Crippen LogP contribution in [0.5, 0.6) is 0 Å². The number of piperazine rings is 1. The number of nitrogens with one attached hydrogen (secondary N) is 1. The highest BCUT2D eigenvalue weighted by Gasteiger charge is 2.23. The van der Waals surface area contributed by atoms with Crippen molar-refractivity contribution in [3.05, 3.63) is 92.9 Å². The number of anilines is 2. The molecule has 1 saturated heterocycles. The molecule has 1 N–H and O–H groups in total. The summed E-state index contributed by atoms with van der Waals surface area (Å²) in [7, 11) is 0. The zero-order chi connectivity index (χ0) is 22.7. The summed E-state index contributed by atoms with van der Waals surface area (Å²) in [5.41, 5.74) is 3.95. The lowest BCUT2D eigenvalue weighted by Crippen LogP contribution is -2.48. The summed E-state index contributed by atoms with van der Waals surface area (Å²) < 4.78 is 0.794. The number of benzene rings is 3. The van der Waals surface area contributed by atoms with Crippen LogP contribution < -0.4 is 10.2 Å². The summed E-state index contributed by atoms with van der Waals surface area (Å²) in [6.45, 7) is 4.84. The maximum Gasteiger partial charge on any atom is 0.257 e. The minimum atomic E-state index is -0.257. The van der Waals surface area contributed by atoms with Gasteiger partial charge < -0.3 is 15.1 Å². The molecule has 0 unspecified atom stereocenters. The normalized spacial score (nSPS) is 13.7. The van der Waals surface area contributed by atoms with Crippen LogP contribution in [0, 0.1) is 6.92 Å². The van der Waals surface area contributed by atoms with Crippen LogP contribution in [0.2, 0.25) is 5.02 Å². The van der Waals surface area contributed by atoms with E-state index in [4.69, 9.17) is 11.6 Å². The van der Waals surface area contributed by atoms with E-state index in [2.05, 4.69) is 26.1 Å². The second-order valence-corrected chi connectivity index (χ2v) is 9.04. The van der Waals surface area contributed by atoms with Crippen LogP contribution in [0.3, 0.4) is 0 Å². The van der Waals surface area contributed by atoms with Crippen molar-refractivity contribution >= 4 is 50.7 Å². The lowest BCUT2D eigenvalue weighted by atomic mass is 10.1. The third-order valence-corrected chi connectivity index (χ3v) is 6.43. The summed E-state index contributed by atoms with van der Waals surface area (Å²) >= 11 is 9.51. The average molecular weight is 513 g/mol. The number of halogens is 2. The molecule has 7 heteroatoms. The van der Waals surface area contributed by atoms with E-state index in [1.54, 1.807) is 18.2 Å². The number of carbonyl (C=O) groups excluding carboxylic acids is 2. The number of rotatable bonds is 4. The van der Waals surface area contributed by atoms with Gasteiger partial charge in [-0.15, -0.1) is 0 Å². The van der Waals surface area contributed by atoms with Crippen molar-refractivity contribution in [1.29, 1.82) is 0 Å². The topological polar surface area (TPSA) is 52.7 Å². The molecule has 32 heavy (non-hydrogen) atoms. The first-order chi connectivity index (χ1) is 15.4. The lowest BCUT2D eigenvalue weighted by molar-refractivity contribution is 0.0746. The van der Waals surface area contributed by atoms with Gasteiger partial charge in [-0.25, -0.2) is 0 Å². The van der Waals surface area contributed by atoms with Gasteiger partial charge in [0.15, 0.2) is 0 Å². The Morgan fingerprint density at radius 1 is 0.906 bits per heavy atom. The molecule has 0 spiro atoms. The number of hydrogen-bond donors (Lipinski definition) is 1. The average Bonchev–Trinajstić information content (AvgIpc) is 2.81. The number of carbonyl (C=O) groups is 2. The van der Waals surface area contributed by atoms with Crippen molar-refractivity contribution in [3.8, 4) is 0 Å². The van der Waals surface area contributed by atoms with E-state index in [1.165, 1.54) is 0 Å². The van der Waals surface area contributed by atoms with Gasteiger partial charge in [0, 0.05) is 47.6 Å². The maximum atomic E-state index is 12.8. The predicted octanol–water partition coefficient (Wildman–Crippen LogP) is 5.63. The highest BCUT2D eigenvalue weighted by atomic mass is 79.9. The first kappa shape index (κ1) is 22.4. The Kier molecular flexibility index (Phi) is 6.82. The Balaban J connectivity index is 1.36. The van der Waals surface area contributed by atoms with Crippen molar-refractivity contribution < 1.29 is 9.59 Å². The molecule has 1 aliphatic heterocycles. The van der Waals surface area contributed by atoms with Crippen molar-refractivity contribution in [2.24, 2.45) is 0 Å². The van der Waals surface area contributed by atoms with Crippen molar-refractivity contribution in [2.45, 2.75) is 6.92 Å². The van der Waals surface area contributed by atoms with Gasteiger partial charge in [-0.2, -0.15) is 0 Å². The molecule has 1 fully saturated rings. The van der Waals surface area contributed by atoms with Crippen LogP contribution in [-0.4, -0.2) is 42.9 Å². The summed E-state index contributed by atoms with van der Waals surface area (Å²) in [5.74, 6) is -0.167. The highest BCUT2D eigenvalue weighted by molar-refractivity contribution is 9.10. The molecule has 2 amide bonds. The number of nitrogens with zero attached hydrogens (tertiary/aromatic N) is 2. The van der Waals surface area contributed by atoms with Gasteiger partial charge in [0.05, 0.1) is 10.6 Å². The summed E-state index contributed by atoms with van der Waals surface area (Å²) in [6, 6.07) is 20.6. The Bertz CT molecular complexity index is 1140. The number of amides is 2. The second-order valence-electron chi connectivity index (χ2n) is 7.72. The molecule has 1 aliphatic rings. The predicted molar refractivity (Wildman–Crippen MR) is 133 cm³/mol. The Hall–Kier alpha value is -2.83. The van der Waals surface area contributed by atoms with Crippen molar-refractivity contribution in [1.82, 2.24) is 4.90 Å². The lowest BCUT2D eigenvalue weighted by Gasteiger charge is -2.36. The van der Waals surface area contributed by atoms with E-state index in [-0.39, 0.29) is 11.8 Å². The van der Waals surface area contributed by atoms with Crippen LogP contribution in [0.1, 0.15) is 26.3 Å². The molecule has 0 aliphatic carbocycles. The van der Waals surface area contributed by atoms with Gasteiger partial charge in [0.1, 0.15) is 0 Å². The first-order valence-electron chi connectivity index (χ1n) is 10.4. The van der Waals surface area contributed by atoms with Gasteiger partial charge in [0.25, 0.3) is 11.8 Å². The quantitative estimate of drug-likeness (QED) is 0.493. The van der Waals surface area contributed by atoms with Gasteiger partial charge in [-0.05, 0) is 61.0 Å². The maximum absolute atomic E-state index is 12.8. The van der Waals surface area contributed by atoms with Crippen LogP contribution in [-0.2, 0) is 0 Å². The fraction of sp³-hybridized carbons (Fsp3) is 0.200. The Morgan fingerprint density at radius 2 is 1.59 bits per heavy atom. The minimum Gasteiger partial charge on any atom is -0.368 e. The van der Waals surface area contributed by atoms with Gasteiger partial charge >= 0.3 is 0 Å². The molecule has 5 nitrogen and oxygen atoms in total. The van der Waals surface area contributed by atoms with E-state index in [0.717, 1.165) is 34.4 Å². The molecule has 0 atom stereocenters. The van der Waals surface area contributed by atoms with E-state index in [0.29, 0.717) is 29.4 Å². The smallest absolute Gasteiger partial charge is 0.257 e. The third-order valence-electron chi connectivity index (χ3n) is 5.61. The zero-order valence-corrected chi connectivity index (χ0v) is 20.0. The van der Waals surface area contributed by atoms with Gasteiger partial charge in [-0.1, -0.05) is 45.7 Å². The molecule has 1 heterocycles. The van der Waals surface area contributed by atoms with Gasteiger partial charge in [0.2, 0.25) is 0 Å². The standard InChI is InChI=1S/C25H23BrClN3O2/c1-17-4-2-3-5-21(17)25(32)30-14-12-29(13-15-30)20-9-7-19(8-10-20)28-24(31)22-16-18(26)6-11-23(22)27/h2-11,16H,12-15H2,1H3,(H,28,31). The molecule has 0 aromatic heterocycles. The Morgan fingerprint density at radius 3 is 2.28 bits per heavy atom. The van der Waals surface area contributed by atoms with E-state index >= 15 is 0 Å². The molecular formula is C25H23BrClN3O2. The number of aryl methyl sites for hydroxylation is 1. The molecule has 0 saturated carbocycles. The van der Waals surface area contributed by atoms with Crippen LogP contribution in [0.4, 0.5) is 11.4 Å². The largest absolute Gasteiger partial charge is 0.368 e. The van der Waals surface area contributed by atoms with Crippen LogP contribution in [0.25, 0.3) is 0 Å². The van der Waals surface area contributed by atoms with E-state index < -0.39 is 0 Å². The fourth-order valence-electron chi connectivity index (χ4n) is 3.78. The zero-order valence-electron chi connectivity index (χ0n) is 17.6. The van der Waals surface area contributed by atoms with E-state index in [9.17, 15) is 9.59 Å². The summed E-state index contributed by atoms with van der Waals surface area (Å²) in [6.07, 6.45) is 0. The monoisotopic (exact) mass is 511 g/mol. The van der Waals surface area contributed by atoms with Crippen LogP contribution >= 0.6 is 27.5 Å². The molecule has 3 aromatic carbocycles. The minimum absolute atomic E-state index is 0.0898. The molecule has 4 rings (SSSR count). The second kappa shape index (κ2) is 9.76. The molecular weight excluding hydrogens is 490 g/mol. The fourth-order valence-corrected chi connectivity index (χ4v) is 4.34. The molecule has 3 aromatic rings. The molecule has 0 bridgehead atoms. The van der Waals surface area contributed by atoms with Gasteiger partial charge in [-0.3, -0.25) is 9.59 Å². The highest BCUT2D eigenvalue weighted by Crippen LogP contribution is 2.24. The Labute approximate surface area is 201 Å². The SMILES string of the molecule is Cc1ccccc1C(=O)N1CCN(c2ccc(NC(=O)c3cc(Br)ccc3Cl)cc2)CC1.